The molecule has 0 atom stereocenters. The second-order valence-electron chi connectivity index (χ2n) is 5.65. The van der Waals surface area contributed by atoms with Crippen molar-refractivity contribution in [2.75, 3.05) is 6.61 Å². The van der Waals surface area contributed by atoms with Crippen molar-refractivity contribution < 1.29 is 4.74 Å². The molecule has 0 fully saturated rings. The van der Waals surface area contributed by atoms with Crippen LogP contribution in [0.15, 0.2) is 24.4 Å². The molecule has 0 spiro atoms. The Morgan fingerprint density at radius 1 is 1.36 bits per heavy atom. The zero-order valence-corrected chi connectivity index (χ0v) is 13.1. The Morgan fingerprint density at radius 2 is 2.23 bits per heavy atom. The topological polar surface area (TPSA) is 55.7 Å². The van der Waals surface area contributed by atoms with Gasteiger partial charge in [0.2, 0.25) is 0 Å². The highest BCUT2D eigenvalue weighted by Gasteiger charge is 2.18. The highest BCUT2D eigenvalue weighted by atomic mass is 35.5. The Morgan fingerprint density at radius 3 is 3.05 bits per heavy atom. The summed E-state index contributed by atoms with van der Waals surface area (Å²) in [5, 5.41) is 5.04. The molecule has 112 valence electrons. The standard InChI is InChI=1S/C16H15ClN4O/c1-9(2)21-16-13(7-18-21)19-15(20-16)11-5-10-6-12(17)3-4-14(10)22-8-11/h3-7,9H,8H2,1-2H3,(H,19,20). The SMILES string of the molecule is CC(C)n1ncc2[nH]c(C3=Cc4cc(Cl)ccc4OC3)nc21. The smallest absolute Gasteiger partial charge is 0.176 e. The third kappa shape index (κ3) is 2.09. The predicted molar refractivity (Wildman–Crippen MR) is 87.1 cm³/mol. The number of imidazole rings is 1. The van der Waals surface area contributed by atoms with Gasteiger partial charge >= 0.3 is 0 Å². The number of aromatic amines is 1. The zero-order valence-electron chi connectivity index (χ0n) is 12.3. The molecule has 1 aliphatic heterocycles. The van der Waals surface area contributed by atoms with Gasteiger partial charge < -0.3 is 9.72 Å². The van der Waals surface area contributed by atoms with Crippen LogP contribution in [0.4, 0.5) is 0 Å². The first kappa shape index (κ1) is 13.4. The van der Waals surface area contributed by atoms with Crippen LogP contribution in [-0.2, 0) is 0 Å². The quantitative estimate of drug-likeness (QED) is 0.779. The Labute approximate surface area is 132 Å². The van der Waals surface area contributed by atoms with Crippen LogP contribution in [-0.4, -0.2) is 26.4 Å². The van der Waals surface area contributed by atoms with Crippen molar-refractivity contribution in [2.45, 2.75) is 19.9 Å². The van der Waals surface area contributed by atoms with Crippen LogP contribution in [0.2, 0.25) is 5.02 Å². The summed E-state index contributed by atoms with van der Waals surface area (Å²) < 4.78 is 7.69. The lowest BCUT2D eigenvalue weighted by Gasteiger charge is -2.16. The molecule has 4 rings (SSSR count). The normalized spacial score (nSPS) is 14.1. The molecule has 2 aromatic heterocycles. The average Bonchev–Trinajstić information content (AvgIpc) is 3.06. The van der Waals surface area contributed by atoms with E-state index in [-0.39, 0.29) is 6.04 Å². The maximum Gasteiger partial charge on any atom is 0.176 e. The zero-order chi connectivity index (χ0) is 15.3. The van der Waals surface area contributed by atoms with Gasteiger partial charge in [-0.25, -0.2) is 9.67 Å². The summed E-state index contributed by atoms with van der Waals surface area (Å²) >= 11 is 6.05. The van der Waals surface area contributed by atoms with Crippen LogP contribution in [0.25, 0.3) is 22.8 Å². The van der Waals surface area contributed by atoms with E-state index >= 15 is 0 Å². The minimum Gasteiger partial charge on any atom is -0.488 e. The summed E-state index contributed by atoms with van der Waals surface area (Å²) in [6.45, 7) is 4.66. The monoisotopic (exact) mass is 314 g/mol. The molecule has 1 N–H and O–H groups in total. The highest BCUT2D eigenvalue weighted by Crippen LogP contribution is 2.32. The molecule has 1 aromatic carbocycles. The minimum absolute atomic E-state index is 0.268. The molecule has 0 saturated heterocycles. The predicted octanol–water partition coefficient (Wildman–Crippen LogP) is 3.93. The molecular weight excluding hydrogens is 300 g/mol. The van der Waals surface area contributed by atoms with Crippen molar-refractivity contribution in [1.82, 2.24) is 19.7 Å². The maximum absolute atomic E-state index is 6.05. The number of nitrogens with zero attached hydrogens (tertiary/aromatic N) is 3. The number of benzene rings is 1. The number of ether oxygens (including phenoxy) is 1. The van der Waals surface area contributed by atoms with E-state index in [4.69, 9.17) is 16.3 Å². The van der Waals surface area contributed by atoms with E-state index in [1.165, 1.54) is 0 Å². The lowest BCUT2D eigenvalue weighted by molar-refractivity contribution is 0.365. The molecule has 5 nitrogen and oxygen atoms in total. The van der Waals surface area contributed by atoms with Gasteiger partial charge in [-0.2, -0.15) is 5.10 Å². The number of H-pyrrole nitrogens is 1. The van der Waals surface area contributed by atoms with Crippen molar-refractivity contribution in [1.29, 1.82) is 0 Å². The number of hydrogen-bond acceptors (Lipinski definition) is 3. The number of nitrogens with one attached hydrogen (secondary N) is 1. The first-order valence-electron chi connectivity index (χ1n) is 7.18. The summed E-state index contributed by atoms with van der Waals surface area (Å²) in [6.07, 6.45) is 3.87. The lowest BCUT2D eigenvalue weighted by Crippen LogP contribution is -2.08. The average molecular weight is 315 g/mol. The van der Waals surface area contributed by atoms with E-state index in [1.54, 1.807) is 6.20 Å². The second kappa shape index (κ2) is 4.88. The Bertz CT molecular complexity index is 891. The van der Waals surface area contributed by atoms with Crippen LogP contribution in [0.5, 0.6) is 5.75 Å². The van der Waals surface area contributed by atoms with Gasteiger partial charge in [-0.1, -0.05) is 11.6 Å². The fourth-order valence-corrected chi connectivity index (χ4v) is 2.81. The third-order valence-electron chi connectivity index (χ3n) is 3.72. The van der Waals surface area contributed by atoms with E-state index in [0.29, 0.717) is 11.6 Å². The third-order valence-corrected chi connectivity index (χ3v) is 3.95. The maximum atomic E-state index is 6.05. The number of hydrogen-bond donors (Lipinski definition) is 1. The number of halogens is 1. The van der Waals surface area contributed by atoms with E-state index in [9.17, 15) is 0 Å². The largest absolute Gasteiger partial charge is 0.488 e. The van der Waals surface area contributed by atoms with Gasteiger partial charge in [-0.05, 0) is 38.1 Å². The van der Waals surface area contributed by atoms with Crippen LogP contribution in [0, 0.1) is 0 Å². The Balaban J connectivity index is 1.79. The van der Waals surface area contributed by atoms with Crippen LogP contribution in [0.1, 0.15) is 31.3 Å². The molecule has 3 aromatic rings. The van der Waals surface area contributed by atoms with Crippen molar-refractivity contribution in [3.63, 3.8) is 0 Å². The molecule has 0 amide bonds. The molecule has 0 saturated carbocycles. The van der Waals surface area contributed by atoms with Gasteiger partial charge in [0.25, 0.3) is 0 Å². The second-order valence-corrected chi connectivity index (χ2v) is 6.08. The van der Waals surface area contributed by atoms with E-state index in [1.807, 2.05) is 22.9 Å². The Hall–Kier alpha value is -2.27. The molecular formula is C16H15ClN4O. The molecule has 0 unspecified atom stereocenters. The number of aromatic nitrogens is 4. The molecule has 1 aliphatic rings. The van der Waals surface area contributed by atoms with Gasteiger partial charge in [0.1, 0.15) is 23.7 Å². The lowest BCUT2D eigenvalue weighted by atomic mass is 10.1. The molecule has 3 heterocycles. The molecule has 0 radical (unpaired) electrons. The van der Waals surface area contributed by atoms with Crippen LogP contribution in [0.3, 0.4) is 0 Å². The Kier molecular flexibility index (Phi) is 2.97. The van der Waals surface area contributed by atoms with Crippen molar-refractivity contribution in [3.05, 3.63) is 40.8 Å². The fourth-order valence-electron chi connectivity index (χ4n) is 2.63. The van der Waals surface area contributed by atoms with E-state index < -0.39 is 0 Å². The molecule has 6 heteroatoms. The summed E-state index contributed by atoms with van der Waals surface area (Å²) in [6, 6.07) is 5.89. The van der Waals surface area contributed by atoms with Crippen LogP contribution >= 0.6 is 11.6 Å². The van der Waals surface area contributed by atoms with Gasteiger partial charge in [0, 0.05) is 22.2 Å². The summed E-state index contributed by atoms with van der Waals surface area (Å²) in [5.74, 6) is 1.66. The molecule has 0 aliphatic carbocycles. The summed E-state index contributed by atoms with van der Waals surface area (Å²) in [4.78, 5) is 7.99. The number of fused-ring (bicyclic) bond motifs is 2. The fraction of sp³-hybridized carbons (Fsp3) is 0.250. The summed E-state index contributed by atoms with van der Waals surface area (Å²) in [5.41, 5.74) is 3.77. The van der Waals surface area contributed by atoms with Gasteiger partial charge in [-0.3, -0.25) is 0 Å². The highest BCUT2D eigenvalue weighted by molar-refractivity contribution is 6.30. The van der Waals surface area contributed by atoms with Crippen LogP contribution < -0.4 is 4.74 Å². The van der Waals surface area contributed by atoms with Crippen molar-refractivity contribution in [2.24, 2.45) is 0 Å². The first-order chi connectivity index (χ1) is 10.6. The van der Waals surface area contributed by atoms with E-state index in [2.05, 4.69) is 35.0 Å². The van der Waals surface area contributed by atoms with Gasteiger partial charge in [0.05, 0.1) is 6.20 Å². The van der Waals surface area contributed by atoms with Crippen molar-refractivity contribution in [3.8, 4) is 5.75 Å². The number of rotatable bonds is 2. The van der Waals surface area contributed by atoms with E-state index in [0.717, 1.165) is 33.9 Å². The van der Waals surface area contributed by atoms with Gasteiger partial charge in [-0.15, -0.1) is 0 Å². The first-order valence-corrected chi connectivity index (χ1v) is 7.56. The molecule has 22 heavy (non-hydrogen) atoms. The minimum atomic E-state index is 0.268. The summed E-state index contributed by atoms with van der Waals surface area (Å²) in [7, 11) is 0. The molecule has 0 bridgehead atoms. The van der Waals surface area contributed by atoms with Crippen molar-refractivity contribution >= 4 is 34.4 Å². The van der Waals surface area contributed by atoms with Gasteiger partial charge in [0.15, 0.2) is 5.65 Å².